The van der Waals surface area contributed by atoms with Crippen LogP contribution in [-0.4, -0.2) is 29.6 Å². The molecule has 36 heavy (non-hydrogen) atoms. The lowest BCUT2D eigenvalue weighted by Gasteiger charge is -2.36. The van der Waals surface area contributed by atoms with E-state index in [0.717, 1.165) is 29.8 Å². The Balaban J connectivity index is 1.59. The number of fused-ring (bicyclic) bond motifs is 1. The van der Waals surface area contributed by atoms with Gasteiger partial charge in [0.05, 0.1) is 22.9 Å². The molecule has 0 atom stereocenters. The van der Waals surface area contributed by atoms with Gasteiger partial charge in [0, 0.05) is 22.5 Å². The van der Waals surface area contributed by atoms with Crippen molar-refractivity contribution in [3.05, 3.63) is 100 Å². The van der Waals surface area contributed by atoms with Gasteiger partial charge in [-0.3, -0.25) is 4.90 Å². The van der Waals surface area contributed by atoms with Crippen molar-refractivity contribution < 1.29 is 4.79 Å². The van der Waals surface area contributed by atoms with Gasteiger partial charge >= 0.3 is 6.03 Å². The van der Waals surface area contributed by atoms with Gasteiger partial charge in [-0.1, -0.05) is 53.5 Å². The van der Waals surface area contributed by atoms with Crippen molar-refractivity contribution in [1.82, 2.24) is 15.3 Å². The number of aromatic nitrogens is 2. The summed E-state index contributed by atoms with van der Waals surface area (Å²) < 4.78 is 0. The molecule has 2 N–H and O–H groups in total. The Labute approximate surface area is 219 Å². The number of halogens is 2. The lowest BCUT2D eigenvalue weighted by molar-refractivity contribution is 0.252. The third-order valence-corrected chi connectivity index (χ3v) is 6.40. The summed E-state index contributed by atoms with van der Waals surface area (Å²) in [5.74, 6) is 0.933. The first-order valence-corrected chi connectivity index (χ1v) is 12.3. The van der Waals surface area contributed by atoms with Gasteiger partial charge in [-0.05, 0) is 68.0 Å². The average Bonchev–Trinajstić information content (AvgIpc) is 2.88. The number of benzene rings is 3. The fourth-order valence-electron chi connectivity index (χ4n) is 4.10. The highest BCUT2D eigenvalue weighted by Gasteiger charge is 2.35. The number of carbonyl (C=O) groups excluding carboxylic acids is 1. The number of amides is 2. The van der Waals surface area contributed by atoms with Gasteiger partial charge in [0.2, 0.25) is 5.95 Å². The van der Waals surface area contributed by atoms with Crippen LogP contribution in [0.15, 0.2) is 79.0 Å². The van der Waals surface area contributed by atoms with Crippen molar-refractivity contribution in [2.24, 2.45) is 0 Å². The van der Waals surface area contributed by atoms with Gasteiger partial charge in [-0.2, -0.15) is 4.98 Å². The van der Waals surface area contributed by atoms with E-state index in [0.29, 0.717) is 33.2 Å². The second kappa shape index (κ2) is 10.5. The van der Waals surface area contributed by atoms with Crippen LogP contribution in [0.3, 0.4) is 0 Å². The third-order valence-electron chi connectivity index (χ3n) is 5.87. The summed E-state index contributed by atoms with van der Waals surface area (Å²) in [5, 5.41) is 7.28. The molecule has 9 heteroatoms. The topological polar surface area (TPSA) is 73.4 Å². The lowest BCUT2D eigenvalue weighted by atomic mass is 10.1. The van der Waals surface area contributed by atoms with Crippen LogP contribution in [0.4, 0.5) is 33.6 Å². The molecule has 1 aliphatic rings. The van der Waals surface area contributed by atoms with Gasteiger partial charge in [0.1, 0.15) is 0 Å². The van der Waals surface area contributed by atoms with Crippen molar-refractivity contribution in [2.45, 2.75) is 13.0 Å². The minimum absolute atomic E-state index is 0.262. The Morgan fingerprint density at radius 1 is 1.00 bits per heavy atom. The molecule has 2 heterocycles. The molecule has 4 aromatic rings. The number of nitrogens with zero attached hydrogens (tertiary/aromatic N) is 4. The number of rotatable bonds is 7. The molecule has 0 saturated carbocycles. The van der Waals surface area contributed by atoms with Gasteiger partial charge in [-0.15, -0.1) is 0 Å². The number of hydrogen-bond acceptors (Lipinski definition) is 5. The summed E-state index contributed by atoms with van der Waals surface area (Å²) in [6.45, 7) is 1.10. The molecule has 0 aliphatic carbocycles. The maximum absolute atomic E-state index is 14.0. The second-order valence-corrected chi connectivity index (χ2v) is 9.20. The van der Waals surface area contributed by atoms with Crippen LogP contribution in [0.2, 0.25) is 10.0 Å². The molecule has 0 saturated heterocycles. The van der Waals surface area contributed by atoms with Crippen LogP contribution < -0.4 is 20.4 Å². The standard InChI is InChI=1S/C27H24Cl2N6O/c1-30-13-12-18-6-5-9-22(14-18)35-25-19(16-31-26(33-25)32-21-7-3-2-4-8-21)17-34(27(35)36)24-11-10-20(28)15-23(24)29/h2-11,14-16,30H,12-13,17H2,1H3,(H,31,32,33). The zero-order valence-electron chi connectivity index (χ0n) is 19.6. The van der Waals surface area contributed by atoms with E-state index < -0.39 is 0 Å². The van der Waals surface area contributed by atoms with Crippen LogP contribution in [0.1, 0.15) is 11.1 Å². The van der Waals surface area contributed by atoms with Crippen LogP contribution in [-0.2, 0) is 13.0 Å². The van der Waals surface area contributed by atoms with Crippen LogP contribution >= 0.6 is 23.2 Å². The summed E-state index contributed by atoms with van der Waals surface area (Å²) in [5.41, 5.74) is 4.04. The predicted octanol–water partition coefficient (Wildman–Crippen LogP) is 6.57. The average molecular weight is 519 g/mol. The molecule has 0 bridgehead atoms. The predicted molar refractivity (Wildman–Crippen MR) is 146 cm³/mol. The summed E-state index contributed by atoms with van der Waals surface area (Å²) >= 11 is 12.6. The molecule has 0 fully saturated rings. The van der Waals surface area contributed by atoms with E-state index in [-0.39, 0.29) is 12.6 Å². The largest absolute Gasteiger partial charge is 0.335 e. The summed E-state index contributed by atoms with van der Waals surface area (Å²) in [4.78, 5) is 26.5. The van der Waals surface area contributed by atoms with E-state index in [1.807, 2.05) is 61.6 Å². The number of hydrogen-bond donors (Lipinski definition) is 2. The lowest BCUT2D eigenvalue weighted by Crippen LogP contribution is -2.45. The number of nitrogens with one attached hydrogen (secondary N) is 2. The highest BCUT2D eigenvalue weighted by atomic mass is 35.5. The summed E-state index contributed by atoms with van der Waals surface area (Å²) in [6, 6.07) is 22.4. The van der Waals surface area contributed by atoms with Crippen molar-refractivity contribution in [1.29, 1.82) is 0 Å². The first kappa shape index (κ1) is 24.1. The van der Waals surface area contributed by atoms with Crippen LogP contribution in [0, 0.1) is 0 Å². The Kier molecular flexibility index (Phi) is 7.04. The van der Waals surface area contributed by atoms with E-state index in [4.69, 9.17) is 28.2 Å². The summed E-state index contributed by atoms with van der Waals surface area (Å²) in [6.07, 6.45) is 2.57. The van der Waals surface area contributed by atoms with Crippen molar-refractivity contribution >= 4 is 58.1 Å². The SMILES string of the molecule is CNCCc1cccc(N2C(=O)N(c3ccc(Cl)cc3Cl)Cc3cnc(Nc4ccccc4)nc32)c1. The molecule has 2 amide bonds. The highest BCUT2D eigenvalue weighted by Crippen LogP contribution is 2.39. The van der Waals surface area contributed by atoms with Crippen LogP contribution in [0.5, 0.6) is 0 Å². The van der Waals surface area contributed by atoms with E-state index in [1.165, 1.54) is 0 Å². The Morgan fingerprint density at radius 2 is 1.83 bits per heavy atom. The minimum Gasteiger partial charge on any atom is -0.324 e. The first-order chi connectivity index (χ1) is 17.5. The van der Waals surface area contributed by atoms with Crippen molar-refractivity contribution in [3.8, 4) is 0 Å². The number of para-hydroxylation sites is 1. The quantitative estimate of drug-likeness (QED) is 0.289. The van der Waals surface area contributed by atoms with Crippen molar-refractivity contribution in [3.63, 3.8) is 0 Å². The molecule has 182 valence electrons. The van der Waals surface area contributed by atoms with E-state index in [1.54, 1.807) is 34.2 Å². The third kappa shape index (κ3) is 4.99. The molecule has 3 aromatic carbocycles. The minimum atomic E-state index is -0.262. The Bertz CT molecular complexity index is 1400. The fourth-order valence-corrected chi connectivity index (χ4v) is 4.62. The molecular formula is C27H24Cl2N6O. The molecule has 5 rings (SSSR count). The monoisotopic (exact) mass is 518 g/mol. The maximum atomic E-state index is 14.0. The normalized spacial score (nSPS) is 13.0. The highest BCUT2D eigenvalue weighted by molar-refractivity contribution is 6.37. The first-order valence-electron chi connectivity index (χ1n) is 11.5. The molecule has 0 radical (unpaired) electrons. The van der Waals surface area contributed by atoms with E-state index in [2.05, 4.69) is 15.6 Å². The zero-order chi connectivity index (χ0) is 25.1. The van der Waals surface area contributed by atoms with Crippen LogP contribution in [0.25, 0.3) is 0 Å². The van der Waals surface area contributed by atoms with E-state index >= 15 is 0 Å². The number of urea groups is 1. The molecular weight excluding hydrogens is 495 g/mol. The van der Waals surface area contributed by atoms with Gasteiger partial charge < -0.3 is 10.6 Å². The number of likely N-dealkylation sites (N-methyl/N-ethyl adjacent to an activating group) is 1. The van der Waals surface area contributed by atoms with Gasteiger partial charge in [0.15, 0.2) is 5.82 Å². The Morgan fingerprint density at radius 3 is 2.61 bits per heavy atom. The number of carbonyl (C=O) groups is 1. The van der Waals surface area contributed by atoms with E-state index in [9.17, 15) is 4.79 Å². The molecule has 1 aromatic heterocycles. The molecule has 1 aliphatic heterocycles. The smallest absolute Gasteiger partial charge is 0.324 e. The molecule has 0 spiro atoms. The van der Waals surface area contributed by atoms with Gasteiger partial charge in [-0.25, -0.2) is 14.7 Å². The molecule has 7 nitrogen and oxygen atoms in total. The second-order valence-electron chi connectivity index (χ2n) is 8.36. The fraction of sp³-hybridized carbons (Fsp3) is 0.148. The Hall–Kier alpha value is -3.65. The number of anilines is 5. The zero-order valence-corrected chi connectivity index (χ0v) is 21.1. The van der Waals surface area contributed by atoms with Gasteiger partial charge in [0.25, 0.3) is 0 Å². The van der Waals surface area contributed by atoms with Crippen molar-refractivity contribution in [2.75, 3.05) is 28.7 Å². The summed E-state index contributed by atoms with van der Waals surface area (Å²) in [7, 11) is 1.92. The molecule has 0 unspecified atom stereocenters. The maximum Gasteiger partial charge on any atom is 0.335 e.